The number of hydrogen-bond acceptors (Lipinski definition) is 5. The Balaban J connectivity index is 1.31. The molecule has 0 radical (unpaired) electrons. The minimum absolute atomic E-state index is 0.0120. The Morgan fingerprint density at radius 3 is 2.78 bits per heavy atom. The second-order valence-electron chi connectivity index (χ2n) is 8.62. The summed E-state index contributed by atoms with van der Waals surface area (Å²) in [5.41, 5.74) is 0.997. The molecular formula is C24H29N5O3. The molecule has 1 spiro atoms. The van der Waals surface area contributed by atoms with Crippen molar-refractivity contribution in [3.05, 3.63) is 59.8 Å². The van der Waals surface area contributed by atoms with E-state index in [9.17, 15) is 14.4 Å². The molecule has 1 aromatic carbocycles. The van der Waals surface area contributed by atoms with Gasteiger partial charge >= 0.3 is 0 Å². The first-order valence-electron chi connectivity index (χ1n) is 11.1. The van der Waals surface area contributed by atoms with E-state index in [4.69, 9.17) is 0 Å². The van der Waals surface area contributed by atoms with Crippen LogP contribution in [0.1, 0.15) is 48.5 Å². The van der Waals surface area contributed by atoms with Crippen molar-refractivity contribution in [3.63, 3.8) is 0 Å². The summed E-state index contributed by atoms with van der Waals surface area (Å²) >= 11 is 0. The van der Waals surface area contributed by atoms with Crippen molar-refractivity contribution in [2.75, 3.05) is 18.4 Å². The van der Waals surface area contributed by atoms with E-state index in [2.05, 4.69) is 33.1 Å². The number of likely N-dealkylation sites (tertiary alicyclic amines) is 1. The average Bonchev–Trinajstić information content (AvgIpc) is 2.93. The maximum absolute atomic E-state index is 12.7. The van der Waals surface area contributed by atoms with Crippen LogP contribution in [0.4, 0.5) is 5.82 Å². The van der Waals surface area contributed by atoms with Gasteiger partial charge < -0.3 is 20.9 Å². The molecule has 3 N–H and O–H groups in total. The molecule has 3 heterocycles. The zero-order valence-electron chi connectivity index (χ0n) is 18.3. The van der Waals surface area contributed by atoms with Gasteiger partial charge in [-0.1, -0.05) is 30.3 Å². The van der Waals surface area contributed by atoms with Gasteiger partial charge in [0.2, 0.25) is 11.8 Å². The lowest BCUT2D eigenvalue weighted by Crippen LogP contribution is -2.58. The first kappa shape index (κ1) is 21.8. The van der Waals surface area contributed by atoms with Crippen LogP contribution >= 0.6 is 0 Å². The van der Waals surface area contributed by atoms with Gasteiger partial charge in [0.1, 0.15) is 11.5 Å². The Kier molecular flexibility index (Phi) is 6.39. The van der Waals surface area contributed by atoms with Crippen LogP contribution in [0, 0.1) is 0 Å². The normalized spacial score (nSPS) is 21.2. The fourth-order valence-corrected chi connectivity index (χ4v) is 4.30. The largest absolute Gasteiger partial charge is 0.352 e. The van der Waals surface area contributed by atoms with Crippen LogP contribution in [0.3, 0.4) is 0 Å². The van der Waals surface area contributed by atoms with Gasteiger partial charge in [-0.15, -0.1) is 0 Å². The highest BCUT2D eigenvalue weighted by atomic mass is 16.2. The van der Waals surface area contributed by atoms with E-state index in [1.54, 1.807) is 23.2 Å². The summed E-state index contributed by atoms with van der Waals surface area (Å²) in [6.45, 7) is 2.37. The maximum atomic E-state index is 12.7. The Bertz CT molecular complexity index is 996. The number of nitrogens with zero attached hydrogens (tertiary/aromatic N) is 2. The zero-order chi connectivity index (χ0) is 22.6. The molecule has 8 nitrogen and oxygen atoms in total. The number of benzene rings is 1. The van der Waals surface area contributed by atoms with Crippen LogP contribution < -0.4 is 16.0 Å². The predicted molar refractivity (Wildman–Crippen MR) is 121 cm³/mol. The second kappa shape index (κ2) is 9.38. The molecular weight excluding hydrogens is 406 g/mol. The molecule has 0 saturated carbocycles. The first-order valence-corrected chi connectivity index (χ1v) is 11.1. The number of fused-ring (bicyclic) bond motifs is 1. The molecule has 1 saturated heterocycles. The minimum Gasteiger partial charge on any atom is -0.352 e. The van der Waals surface area contributed by atoms with Crippen molar-refractivity contribution in [2.45, 2.75) is 50.7 Å². The standard InChI is InChI=1S/C24H29N5O3/c1-17(9-10-18-6-3-2-4-7-18)26-20(30)16-29-15-13-24(12-11-21(29)31)27-22-19(23(32)28-24)8-5-14-25-22/h2-8,14,17H,9-13,15-16H2,1H3,(H,25,27)(H,26,30)(H,28,32). The molecule has 2 aliphatic heterocycles. The van der Waals surface area contributed by atoms with E-state index in [1.807, 2.05) is 25.1 Å². The van der Waals surface area contributed by atoms with Gasteiger partial charge in [0.05, 0.1) is 12.1 Å². The summed E-state index contributed by atoms with van der Waals surface area (Å²) in [6.07, 6.45) is 4.53. The average molecular weight is 436 g/mol. The van der Waals surface area contributed by atoms with E-state index < -0.39 is 5.66 Å². The highest BCUT2D eigenvalue weighted by Gasteiger charge is 2.41. The number of amides is 3. The predicted octanol–water partition coefficient (Wildman–Crippen LogP) is 2.08. The number of carbonyl (C=O) groups excluding carboxylic acids is 3. The number of nitrogens with one attached hydrogen (secondary N) is 3. The molecule has 32 heavy (non-hydrogen) atoms. The van der Waals surface area contributed by atoms with Crippen LogP contribution in [0.15, 0.2) is 48.7 Å². The quantitative estimate of drug-likeness (QED) is 0.645. The molecule has 8 heteroatoms. The number of aryl methyl sites for hydroxylation is 1. The van der Waals surface area contributed by atoms with E-state index in [0.717, 1.165) is 12.8 Å². The van der Waals surface area contributed by atoms with Crippen molar-refractivity contribution in [1.29, 1.82) is 0 Å². The Hall–Kier alpha value is -3.42. The lowest BCUT2D eigenvalue weighted by atomic mass is 9.97. The van der Waals surface area contributed by atoms with Crippen molar-refractivity contribution < 1.29 is 14.4 Å². The fourth-order valence-electron chi connectivity index (χ4n) is 4.30. The third kappa shape index (κ3) is 5.07. The topological polar surface area (TPSA) is 103 Å². The highest BCUT2D eigenvalue weighted by molar-refractivity contribution is 6.01. The monoisotopic (exact) mass is 435 g/mol. The van der Waals surface area contributed by atoms with Crippen molar-refractivity contribution >= 4 is 23.5 Å². The van der Waals surface area contributed by atoms with Gasteiger partial charge in [0, 0.05) is 31.6 Å². The molecule has 168 valence electrons. The number of hydrogen-bond donors (Lipinski definition) is 3. The van der Waals surface area contributed by atoms with Gasteiger partial charge in [-0.05, 0) is 43.9 Å². The van der Waals surface area contributed by atoms with Gasteiger partial charge in [-0.2, -0.15) is 0 Å². The van der Waals surface area contributed by atoms with Crippen LogP contribution in [-0.4, -0.2) is 52.4 Å². The zero-order valence-corrected chi connectivity index (χ0v) is 18.3. The lowest BCUT2D eigenvalue weighted by Gasteiger charge is -2.39. The number of anilines is 1. The van der Waals surface area contributed by atoms with E-state index in [-0.39, 0.29) is 36.7 Å². The summed E-state index contributed by atoms with van der Waals surface area (Å²) in [7, 11) is 0. The van der Waals surface area contributed by atoms with Gasteiger partial charge in [0.25, 0.3) is 5.91 Å². The van der Waals surface area contributed by atoms with E-state index >= 15 is 0 Å². The summed E-state index contributed by atoms with van der Waals surface area (Å²) in [5, 5.41) is 9.34. The fraction of sp³-hybridized carbons (Fsp3) is 0.417. The molecule has 2 aromatic rings. The van der Waals surface area contributed by atoms with Crippen LogP contribution in [0.25, 0.3) is 0 Å². The highest BCUT2D eigenvalue weighted by Crippen LogP contribution is 2.30. The SMILES string of the molecule is CC(CCc1ccccc1)NC(=O)CN1CCC2(CCC1=O)NC(=O)c1cccnc1N2. The van der Waals surface area contributed by atoms with Crippen molar-refractivity contribution in [2.24, 2.45) is 0 Å². The molecule has 0 bridgehead atoms. The summed E-state index contributed by atoms with van der Waals surface area (Å²) in [5.74, 6) is 0.0826. The Labute approximate surface area is 187 Å². The minimum atomic E-state index is -0.734. The number of carbonyl (C=O) groups is 3. The third-order valence-electron chi connectivity index (χ3n) is 6.14. The molecule has 1 fully saturated rings. The van der Waals surface area contributed by atoms with Crippen molar-refractivity contribution in [1.82, 2.24) is 20.5 Å². The van der Waals surface area contributed by atoms with Gasteiger partial charge in [0.15, 0.2) is 0 Å². The summed E-state index contributed by atoms with van der Waals surface area (Å²) < 4.78 is 0. The van der Waals surface area contributed by atoms with Crippen molar-refractivity contribution in [3.8, 4) is 0 Å². The lowest BCUT2D eigenvalue weighted by molar-refractivity contribution is -0.135. The molecule has 2 unspecified atom stereocenters. The summed E-state index contributed by atoms with van der Waals surface area (Å²) in [6, 6.07) is 13.6. The number of rotatable bonds is 6. The molecule has 1 aromatic heterocycles. The van der Waals surface area contributed by atoms with Crippen LogP contribution in [0.5, 0.6) is 0 Å². The van der Waals surface area contributed by atoms with Gasteiger partial charge in [-0.3, -0.25) is 14.4 Å². The first-order chi connectivity index (χ1) is 15.4. The van der Waals surface area contributed by atoms with Crippen LogP contribution in [0.2, 0.25) is 0 Å². The third-order valence-corrected chi connectivity index (χ3v) is 6.14. The van der Waals surface area contributed by atoms with Gasteiger partial charge in [-0.25, -0.2) is 4.98 Å². The second-order valence-corrected chi connectivity index (χ2v) is 8.62. The summed E-state index contributed by atoms with van der Waals surface area (Å²) in [4.78, 5) is 43.7. The smallest absolute Gasteiger partial charge is 0.256 e. The number of aromatic nitrogens is 1. The molecule has 2 aliphatic rings. The maximum Gasteiger partial charge on any atom is 0.256 e. The van der Waals surface area contributed by atoms with E-state index in [1.165, 1.54) is 5.56 Å². The molecule has 2 atom stereocenters. The molecule has 0 aliphatic carbocycles. The molecule has 3 amide bonds. The Morgan fingerprint density at radius 1 is 1.16 bits per heavy atom. The number of pyridine rings is 1. The van der Waals surface area contributed by atoms with E-state index in [0.29, 0.717) is 30.8 Å². The van der Waals surface area contributed by atoms with Crippen LogP contribution in [-0.2, 0) is 16.0 Å². The molecule has 4 rings (SSSR count). The Morgan fingerprint density at radius 2 is 1.97 bits per heavy atom.